The first-order valence-corrected chi connectivity index (χ1v) is 14.4. The van der Waals surface area contributed by atoms with Crippen LogP contribution < -0.4 is 4.74 Å². The molecule has 4 aromatic heterocycles. The summed E-state index contributed by atoms with van der Waals surface area (Å²) in [5.74, 6) is 0.773. The summed E-state index contributed by atoms with van der Waals surface area (Å²) in [4.78, 5) is 22.7. The van der Waals surface area contributed by atoms with Crippen molar-refractivity contribution < 1.29 is 9.53 Å². The number of hydrogen-bond acceptors (Lipinski definition) is 7. The van der Waals surface area contributed by atoms with Crippen LogP contribution in [-0.4, -0.2) is 90.9 Å². The van der Waals surface area contributed by atoms with Gasteiger partial charge in [0.1, 0.15) is 23.7 Å². The number of rotatable bonds is 10. The average molecular weight is 555 g/mol. The van der Waals surface area contributed by atoms with Gasteiger partial charge in [0.05, 0.1) is 30.1 Å². The zero-order chi connectivity index (χ0) is 28.5. The van der Waals surface area contributed by atoms with Gasteiger partial charge in [-0.25, -0.2) is 4.98 Å². The SMILES string of the molecule is Cc1cc(Cn2ncc3c(CC(=O)c4cnc5cc(OCCN6CCN(C)CC6)ccn45)cccc32)nn1C(C)C. The zero-order valence-corrected chi connectivity index (χ0v) is 24.3. The third-order valence-corrected chi connectivity index (χ3v) is 7.95. The molecular weight excluding hydrogens is 516 g/mol. The van der Waals surface area contributed by atoms with Gasteiger partial charge in [0.25, 0.3) is 0 Å². The molecule has 1 aromatic carbocycles. The van der Waals surface area contributed by atoms with E-state index in [0.29, 0.717) is 30.5 Å². The quantitative estimate of drug-likeness (QED) is 0.242. The molecule has 0 aliphatic carbocycles. The van der Waals surface area contributed by atoms with Gasteiger partial charge in [0.15, 0.2) is 5.78 Å². The lowest BCUT2D eigenvalue weighted by Gasteiger charge is -2.32. The molecule has 1 fully saturated rings. The van der Waals surface area contributed by atoms with Crippen LogP contribution in [0.15, 0.2) is 55.0 Å². The van der Waals surface area contributed by atoms with Crippen LogP contribution in [0.3, 0.4) is 0 Å². The Kier molecular flexibility index (Phi) is 7.59. The van der Waals surface area contributed by atoms with E-state index in [4.69, 9.17) is 9.84 Å². The van der Waals surface area contributed by atoms with Crippen LogP contribution in [0, 0.1) is 6.92 Å². The minimum Gasteiger partial charge on any atom is -0.492 e. The highest BCUT2D eigenvalue weighted by Crippen LogP contribution is 2.23. The zero-order valence-electron chi connectivity index (χ0n) is 24.3. The molecule has 1 aliphatic heterocycles. The number of likely N-dealkylation sites (N-methyl/N-ethyl adjacent to an activating group) is 1. The maximum Gasteiger partial charge on any atom is 0.185 e. The minimum atomic E-state index is 0.00721. The van der Waals surface area contributed by atoms with Crippen LogP contribution >= 0.6 is 0 Å². The number of benzene rings is 1. The summed E-state index contributed by atoms with van der Waals surface area (Å²) in [6.07, 6.45) is 5.64. The van der Waals surface area contributed by atoms with Crippen molar-refractivity contribution in [2.24, 2.45) is 0 Å². The third-order valence-electron chi connectivity index (χ3n) is 7.95. The molecule has 5 heterocycles. The monoisotopic (exact) mass is 554 g/mol. The van der Waals surface area contributed by atoms with Gasteiger partial charge in [-0.2, -0.15) is 10.2 Å². The molecular formula is C31H38N8O2. The molecule has 1 aliphatic rings. The number of Topliss-reactive ketones (excluding diaryl/α,β-unsaturated/α-hetero) is 1. The Balaban J connectivity index is 1.13. The number of carbonyl (C=O) groups is 1. The Morgan fingerprint density at radius 1 is 1.07 bits per heavy atom. The lowest BCUT2D eigenvalue weighted by Crippen LogP contribution is -2.45. The smallest absolute Gasteiger partial charge is 0.185 e. The summed E-state index contributed by atoms with van der Waals surface area (Å²) in [5, 5.41) is 10.4. The molecule has 6 rings (SSSR count). The largest absolute Gasteiger partial charge is 0.492 e. The molecule has 0 N–H and O–H groups in total. The van der Waals surface area contributed by atoms with Crippen LogP contribution in [0.2, 0.25) is 0 Å². The van der Waals surface area contributed by atoms with Gasteiger partial charge in [0.2, 0.25) is 0 Å². The fourth-order valence-electron chi connectivity index (χ4n) is 5.64. The molecule has 0 saturated carbocycles. The van der Waals surface area contributed by atoms with E-state index in [1.54, 1.807) is 6.20 Å². The van der Waals surface area contributed by atoms with Gasteiger partial charge in [0, 0.05) is 68.5 Å². The number of carbonyl (C=O) groups excluding carboxylic acids is 1. The van der Waals surface area contributed by atoms with E-state index in [1.807, 2.05) is 56.5 Å². The van der Waals surface area contributed by atoms with Gasteiger partial charge in [-0.15, -0.1) is 0 Å². The van der Waals surface area contributed by atoms with Gasteiger partial charge < -0.3 is 9.64 Å². The van der Waals surface area contributed by atoms with Gasteiger partial charge in [-0.3, -0.25) is 23.5 Å². The third kappa shape index (κ3) is 5.75. The summed E-state index contributed by atoms with van der Waals surface area (Å²) in [6.45, 7) is 12.8. The summed E-state index contributed by atoms with van der Waals surface area (Å²) in [6, 6.07) is 12.2. The first-order valence-electron chi connectivity index (χ1n) is 14.4. The van der Waals surface area contributed by atoms with E-state index < -0.39 is 0 Å². The van der Waals surface area contributed by atoms with E-state index in [-0.39, 0.29) is 12.2 Å². The molecule has 10 heteroatoms. The van der Waals surface area contributed by atoms with Crippen LogP contribution in [0.4, 0.5) is 0 Å². The molecule has 0 radical (unpaired) electrons. The minimum absolute atomic E-state index is 0.00721. The van der Waals surface area contributed by atoms with Crippen molar-refractivity contribution in [2.75, 3.05) is 46.4 Å². The fourth-order valence-corrected chi connectivity index (χ4v) is 5.64. The molecule has 0 amide bonds. The van der Waals surface area contributed by atoms with Crippen molar-refractivity contribution in [1.82, 2.24) is 38.7 Å². The maximum atomic E-state index is 13.4. The summed E-state index contributed by atoms with van der Waals surface area (Å²) >= 11 is 0. The van der Waals surface area contributed by atoms with Gasteiger partial charge in [-0.1, -0.05) is 12.1 Å². The topological polar surface area (TPSA) is 85.7 Å². The number of aromatic nitrogens is 6. The molecule has 5 aromatic rings. The second-order valence-electron chi connectivity index (χ2n) is 11.3. The van der Waals surface area contributed by atoms with Crippen molar-refractivity contribution >= 4 is 22.3 Å². The van der Waals surface area contributed by atoms with E-state index in [9.17, 15) is 4.79 Å². The summed E-state index contributed by atoms with van der Waals surface area (Å²) in [5.41, 5.74) is 5.30. The van der Waals surface area contributed by atoms with Crippen LogP contribution in [-0.2, 0) is 13.0 Å². The number of pyridine rings is 1. The number of aryl methyl sites for hydroxylation is 1. The van der Waals surface area contributed by atoms with E-state index >= 15 is 0 Å². The Bertz CT molecular complexity index is 1670. The normalized spacial score (nSPS) is 15.0. The van der Waals surface area contributed by atoms with Crippen molar-refractivity contribution in [2.45, 2.75) is 39.8 Å². The summed E-state index contributed by atoms with van der Waals surface area (Å²) < 4.78 is 11.8. The Morgan fingerprint density at radius 3 is 2.68 bits per heavy atom. The van der Waals surface area contributed by atoms with Crippen molar-refractivity contribution in [3.8, 4) is 5.75 Å². The number of fused-ring (bicyclic) bond motifs is 2. The van der Waals surface area contributed by atoms with Crippen molar-refractivity contribution in [1.29, 1.82) is 0 Å². The lowest BCUT2D eigenvalue weighted by atomic mass is 10.0. The highest BCUT2D eigenvalue weighted by atomic mass is 16.5. The van der Waals surface area contributed by atoms with Gasteiger partial charge >= 0.3 is 0 Å². The standard InChI is InChI=1S/C31H38N8O2/c1-22(2)39-23(3)16-25(34-39)21-38-28-7-5-6-24(27(28)19-33-38)17-30(40)29-20-32-31-18-26(8-9-37(29)31)41-15-14-36-12-10-35(4)11-13-36/h5-9,16,18-20,22H,10-15,17,21H2,1-4H3. The van der Waals surface area contributed by atoms with Crippen LogP contribution in [0.5, 0.6) is 5.75 Å². The molecule has 0 bridgehead atoms. The first kappa shape index (κ1) is 27.2. The second-order valence-corrected chi connectivity index (χ2v) is 11.3. The number of ether oxygens (including phenoxy) is 1. The Morgan fingerprint density at radius 2 is 1.90 bits per heavy atom. The lowest BCUT2D eigenvalue weighted by molar-refractivity contribution is 0.0987. The van der Waals surface area contributed by atoms with Crippen molar-refractivity contribution in [3.05, 3.63) is 77.6 Å². The van der Waals surface area contributed by atoms with E-state index in [2.05, 4.69) is 53.8 Å². The molecule has 10 nitrogen and oxygen atoms in total. The number of hydrogen-bond donors (Lipinski definition) is 0. The Labute approximate surface area is 240 Å². The van der Waals surface area contributed by atoms with Crippen LogP contribution in [0.25, 0.3) is 16.6 Å². The van der Waals surface area contributed by atoms with Crippen LogP contribution in [0.1, 0.15) is 47.3 Å². The molecule has 41 heavy (non-hydrogen) atoms. The average Bonchev–Trinajstić information content (AvgIpc) is 3.67. The molecule has 0 atom stereocenters. The highest BCUT2D eigenvalue weighted by molar-refractivity contribution is 5.99. The van der Waals surface area contributed by atoms with Gasteiger partial charge in [-0.05, 0) is 51.6 Å². The molecule has 0 unspecified atom stereocenters. The molecule has 1 saturated heterocycles. The fraction of sp³-hybridized carbons (Fsp3) is 0.419. The highest BCUT2D eigenvalue weighted by Gasteiger charge is 2.18. The molecule has 0 spiro atoms. The number of imidazole rings is 1. The van der Waals surface area contributed by atoms with E-state index in [0.717, 1.165) is 66.3 Å². The predicted octanol–water partition coefficient (Wildman–Crippen LogP) is 3.87. The maximum absolute atomic E-state index is 13.4. The first-order chi connectivity index (χ1) is 19.9. The Hall–Kier alpha value is -4.02. The number of nitrogens with zero attached hydrogens (tertiary/aromatic N) is 8. The number of piperazine rings is 1. The molecule has 214 valence electrons. The predicted molar refractivity (Wildman–Crippen MR) is 159 cm³/mol. The summed E-state index contributed by atoms with van der Waals surface area (Å²) in [7, 11) is 2.16. The van der Waals surface area contributed by atoms with Crippen molar-refractivity contribution in [3.63, 3.8) is 0 Å². The second kappa shape index (κ2) is 11.5. The van der Waals surface area contributed by atoms with E-state index in [1.165, 1.54) is 0 Å². The number of ketones is 1.